The van der Waals surface area contributed by atoms with Crippen LogP contribution in [-0.4, -0.2) is 35.5 Å². The van der Waals surface area contributed by atoms with Gasteiger partial charge in [0.25, 0.3) is 0 Å². The number of nitrogens with one attached hydrogen (secondary N) is 1. The summed E-state index contributed by atoms with van der Waals surface area (Å²) in [7, 11) is 2.02. The Bertz CT molecular complexity index is 417. The SMILES string of the molecule is CN1CCCCC[C@@H]1C(=O)NCc1ccc(O)cc1. The molecule has 1 fully saturated rings. The molecule has 1 heterocycles. The Morgan fingerprint density at radius 2 is 2.05 bits per heavy atom. The summed E-state index contributed by atoms with van der Waals surface area (Å²) in [6.45, 7) is 1.51. The molecule has 0 radical (unpaired) electrons. The van der Waals surface area contributed by atoms with Crippen molar-refractivity contribution < 1.29 is 9.90 Å². The Morgan fingerprint density at radius 1 is 1.32 bits per heavy atom. The van der Waals surface area contributed by atoms with Crippen molar-refractivity contribution >= 4 is 5.91 Å². The summed E-state index contributed by atoms with van der Waals surface area (Å²) in [5, 5.41) is 12.2. The number of carbonyl (C=O) groups excluding carboxylic acids is 1. The number of likely N-dealkylation sites (tertiary alicyclic amines) is 1. The highest BCUT2D eigenvalue weighted by Gasteiger charge is 2.24. The van der Waals surface area contributed by atoms with Crippen molar-refractivity contribution in [2.24, 2.45) is 0 Å². The van der Waals surface area contributed by atoms with E-state index in [0.717, 1.165) is 24.9 Å². The normalized spacial score (nSPS) is 20.8. The van der Waals surface area contributed by atoms with Crippen molar-refractivity contribution in [3.63, 3.8) is 0 Å². The molecule has 0 aliphatic carbocycles. The lowest BCUT2D eigenvalue weighted by Gasteiger charge is -2.24. The van der Waals surface area contributed by atoms with E-state index in [4.69, 9.17) is 0 Å². The smallest absolute Gasteiger partial charge is 0.237 e. The number of likely N-dealkylation sites (N-methyl/N-ethyl adjacent to an activating group) is 1. The highest BCUT2D eigenvalue weighted by atomic mass is 16.3. The fourth-order valence-electron chi connectivity index (χ4n) is 2.50. The number of aromatic hydroxyl groups is 1. The molecule has 1 aliphatic rings. The molecular weight excluding hydrogens is 240 g/mol. The zero-order chi connectivity index (χ0) is 13.7. The first kappa shape index (κ1) is 13.9. The third-order valence-corrected chi connectivity index (χ3v) is 3.73. The third-order valence-electron chi connectivity index (χ3n) is 3.73. The molecule has 0 spiro atoms. The van der Waals surface area contributed by atoms with Crippen LogP contribution < -0.4 is 5.32 Å². The van der Waals surface area contributed by atoms with Crippen LogP contribution in [0.3, 0.4) is 0 Å². The fourth-order valence-corrected chi connectivity index (χ4v) is 2.50. The predicted octanol–water partition coefficient (Wildman–Crippen LogP) is 1.88. The molecule has 1 aromatic carbocycles. The molecule has 0 saturated carbocycles. The molecule has 2 N–H and O–H groups in total. The summed E-state index contributed by atoms with van der Waals surface area (Å²) in [4.78, 5) is 14.4. The van der Waals surface area contributed by atoms with Gasteiger partial charge in [0, 0.05) is 6.54 Å². The molecular formula is C15H22N2O2. The number of phenolic OH excluding ortho intramolecular Hbond substituents is 1. The van der Waals surface area contributed by atoms with Gasteiger partial charge < -0.3 is 10.4 Å². The van der Waals surface area contributed by atoms with Crippen LogP contribution in [0.25, 0.3) is 0 Å². The van der Waals surface area contributed by atoms with Gasteiger partial charge in [0.2, 0.25) is 5.91 Å². The van der Waals surface area contributed by atoms with Crippen LogP contribution in [0.5, 0.6) is 5.75 Å². The second kappa shape index (κ2) is 6.57. The minimum Gasteiger partial charge on any atom is -0.508 e. The highest BCUT2D eigenvalue weighted by Crippen LogP contribution is 2.15. The fraction of sp³-hybridized carbons (Fsp3) is 0.533. The molecule has 1 aromatic rings. The van der Waals surface area contributed by atoms with E-state index in [-0.39, 0.29) is 17.7 Å². The van der Waals surface area contributed by atoms with Gasteiger partial charge in [0.1, 0.15) is 5.75 Å². The van der Waals surface area contributed by atoms with Gasteiger partial charge in [-0.1, -0.05) is 25.0 Å². The highest BCUT2D eigenvalue weighted by molar-refractivity contribution is 5.81. The summed E-state index contributed by atoms with van der Waals surface area (Å²) in [6.07, 6.45) is 4.46. The van der Waals surface area contributed by atoms with Gasteiger partial charge in [0.15, 0.2) is 0 Å². The number of hydrogen-bond acceptors (Lipinski definition) is 3. The van der Waals surface area contributed by atoms with Gasteiger partial charge in [-0.25, -0.2) is 0 Å². The van der Waals surface area contributed by atoms with Crippen LogP contribution in [0.2, 0.25) is 0 Å². The van der Waals surface area contributed by atoms with E-state index in [1.807, 2.05) is 19.2 Å². The maximum Gasteiger partial charge on any atom is 0.237 e. The Hall–Kier alpha value is -1.55. The van der Waals surface area contributed by atoms with Crippen molar-refractivity contribution in [1.29, 1.82) is 0 Å². The maximum atomic E-state index is 12.2. The van der Waals surface area contributed by atoms with E-state index in [2.05, 4.69) is 10.2 Å². The minimum atomic E-state index is -0.000356. The topological polar surface area (TPSA) is 52.6 Å². The van der Waals surface area contributed by atoms with Gasteiger partial charge in [-0.15, -0.1) is 0 Å². The van der Waals surface area contributed by atoms with Crippen LogP contribution in [0.15, 0.2) is 24.3 Å². The molecule has 0 bridgehead atoms. The van der Waals surface area contributed by atoms with E-state index in [9.17, 15) is 9.90 Å². The zero-order valence-electron chi connectivity index (χ0n) is 11.4. The Kier molecular flexibility index (Phi) is 4.80. The number of hydrogen-bond donors (Lipinski definition) is 2. The lowest BCUT2D eigenvalue weighted by Crippen LogP contribution is -2.44. The van der Waals surface area contributed by atoms with Crippen molar-refractivity contribution in [2.45, 2.75) is 38.3 Å². The molecule has 1 atom stereocenters. The molecule has 0 unspecified atom stereocenters. The first-order valence-corrected chi connectivity index (χ1v) is 6.92. The van der Waals surface area contributed by atoms with E-state index < -0.39 is 0 Å². The van der Waals surface area contributed by atoms with E-state index in [1.165, 1.54) is 12.8 Å². The summed E-state index contributed by atoms with van der Waals surface area (Å²) in [5.41, 5.74) is 1.00. The van der Waals surface area contributed by atoms with Crippen molar-refractivity contribution in [1.82, 2.24) is 10.2 Å². The summed E-state index contributed by atoms with van der Waals surface area (Å²) >= 11 is 0. The van der Waals surface area contributed by atoms with Gasteiger partial charge in [0.05, 0.1) is 6.04 Å². The quantitative estimate of drug-likeness (QED) is 0.874. The van der Waals surface area contributed by atoms with Crippen LogP contribution >= 0.6 is 0 Å². The first-order chi connectivity index (χ1) is 9.16. The second-order valence-electron chi connectivity index (χ2n) is 5.23. The molecule has 2 rings (SSSR count). The molecule has 19 heavy (non-hydrogen) atoms. The Labute approximate surface area is 114 Å². The van der Waals surface area contributed by atoms with E-state index >= 15 is 0 Å². The van der Waals surface area contributed by atoms with Crippen LogP contribution in [0.1, 0.15) is 31.2 Å². The largest absolute Gasteiger partial charge is 0.508 e. The number of phenols is 1. The number of amides is 1. The average Bonchev–Trinajstić information content (AvgIpc) is 2.62. The molecule has 4 nitrogen and oxygen atoms in total. The second-order valence-corrected chi connectivity index (χ2v) is 5.23. The lowest BCUT2D eigenvalue weighted by molar-refractivity contribution is -0.126. The van der Waals surface area contributed by atoms with Gasteiger partial charge >= 0.3 is 0 Å². The van der Waals surface area contributed by atoms with Gasteiger partial charge in [-0.05, 0) is 44.1 Å². The zero-order valence-corrected chi connectivity index (χ0v) is 11.4. The van der Waals surface area contributed by atoms with E-state index in [1.54, 1.807) is 12.1 Å². The van der Waals surface area contributed by atoms with E-state index in [0.29, 0.717) is 6.54 Å². The first-order valence-electron chi connectivity index (χ1n) is 6.92. The summed E-state index contributed by atoms with van der Waals surface area (Å²) in [5.74, 6) is 0.357. The summed E-state index contributed by atoms with van der Waals surface area (Å²) < 4.78 is 0. The monoisotopic (exact) mass is 262 g/mol. The number of carbonyl (C=O) groups is 1. The predicted molar refractivity (Wildman–Crippen MR) is 74.8 cm³/mol. The van der Waals surface area contributed by atoms with Gasteiger partial charge in [-0.3, -0.25) is 9.69 Å². The number of nitrogens with zero attached hydrogens (tertiary/aromatic N) is 1. The van der Waals surface area contributed by atoms with Crippen LogP contribution in [-0.2, 0) is 11.3 Å². The lowest BCUT2D eigenvalue weighted by atomic mass is 10.1. The average molecular weight is 262 g/mol. The van der Waals surface area contributed by atoms with Gasteiger partial charge in [-0.2, -0.15) is 0 Å². The Balaban J connectivity index is 1.87. The maximum absolute atomic E-state index is 12.2. The van der Waals surface area contributed by atoms with Crippen molar-refractivity contribution in [3.8, 4) is 5.75 Å². The number of benzene rings is 1. The van der Waals surface area contributed by atoms with Crippen LogP contribution in [0, 0.1) is 0 Å². The molecule has 0 aromatic heterocycles. The van der Waals surface area contributed by atoms with Crippen LogP contribution in [0.4, 0.5) is 0 Å². The minimum absolute atomic E-state index is 0.000356. The molecule has 1 aliphatic heterocycles. The van der Waals surface area contributed by atoms with Crippen molar-refractivity contribution in [3.05, 3.63) is 29.8 Å². The number of rotatable bonds is 3. The molecule has 1 amide bonds. The molecule has 4 heteroatoms. The third kappa shape index (κ3) is 3.96. The van der Waals surface area contributed by atoms with Crippen molar-refractivity contribution in [2.75, 3.05) is 13.6 Å². The summed E-state index contributed by atoms with van der Waals surface area (Å²) in [6, 6.07) is 6.93. The molecule has 1 saturated heterocycles. The molecule has 104 valence electrons. The standard InChI is InChI=1S/C15H22N2O2/c1-17-10-4-2-3-5-14(17)15(19)16-11-12-6-8-13(18)9-7-12/h6-9,14,18H,2-5,10-11H2,1H3,(H,16,19)/t14-/m1/s1. The Morgan fingerprint density at radius 3 is 2.79 bits per heavy atom.